The Hall–Kier alpha value is -2.36. The molecule has 0 saturated heterocycles. The summed E-state index contributed by atoms with van der Waals surface area (Å²) in [6.07, 6.45) is 12.9. The van der Waals surface area contributed by atoms with Gasteiger partial charge >= 0.3 is 0 Å². The molecule has 2 aromatic heterocycles. The van der Waals surface area contributed by atoms with Crippen molar-refractivity contribution in [3.63, 3.8) is 0 Å². The number of fused-ring (bicyclic) bond motifs is 2. The lowest BCUT2D eigenvalue weighted by Gasteiger charge is -2.15. The summed E-state index contributed by atoms with van der Waals surface area (Å²) in [5, 5.41) is 0. The first kappa shape index (κ1) is 17.1. The van der Waals surface area contributed by atoms with Crippen LogP contribution in [0.15, 0.2) is 35.1 Å². The monoisotopic (exact) mass is 349 g/mol. The summed E-state index contributed by atoms with van der Waals surface area (Å²) in [6.45, 7) is 2.27. The number of H-pyrrole nitrogens is 2. The van der Waals surface area contributed by atoms with Crippen molar-refractivity contribution in [2.75, 3.05) is 0 Å². The molecule has 4 nitrogen and oxygen atoms in total. The van der Waals surface area contributed by atoms with Gasteiger partial charge in [-0.25, -0.2) is 4.99 Å². The zero-order valence-corrected chi connectivity index (χ0v) is 15.5. The lowest BCUT2D eigenvalue weighted by Crippen LogP contribution is -2.01. The van der Waals surface area contributed by atoms with Crippen LogP contribution in [0, 0.1) is 0 Å². The van der Waals surface area contributed by atoms with Crippen LogP contribution < -0.4 is 0 Å². The molecule has 3 heterocycles. The summed E-state index contributed by atoms with van der Waals surface area (Å²) >= 11 is 0. The Morgan fingerprint density at radius 2 is 2.15 bits per heavy atom. The lowest BCUT2D eigenvalue weighted by atomic mass is 9.89. The third-order valence-corrected chi connectivity index (χ3v) is 5.68. The number of hydrogen-bond acceptors (Lipinski definition) is 2. The quantitative estimate of drug-likeness (QED) is 0.740. The van der Waals surface area contributed by atoms with Gasteiger partial charge in [0.05, 0.1) is 17.8 Å². The van der Waals surface area contributed by atoms with Crippen LogP contribution in [-0.4, -0.2) is 21.5 Å². The number of carbonyl (C=O) groups excluding carboxylic acids is 1. The van der Waals surface area contributed by atoms with E-state index in [1.807, 2.05) is 24.4 Å². The number of allylic oxidation sites excluding steroid dienone is 1. The van der Waals surface area contributed by atoms with Crippen LogP contribution in [0.2, 0.25) is 0 Å². The minimum absolute atomic E-state index is 0.106. The van der Waals surface area contributed by atoms with E-state index in [0.717, 1.165) is 29.9 Å². The number of hydrogen-bond donors (Lipinski definition) is 2. The highest BCUT2D eigenvalue weighted by Gasteiger charge is 2.24. The highest BCUT2D eigenvalue weighted by atomic mass is 16.1. The van der Waals surface area contributed by atoms with Crippen LogP contribution in [0.5, 0.6) is 0 Å². The molecule has 2 aromatic rings. The number of aliphatic imine (C=N–C) groups is 1. The number of rotatable bonds is 3. The fourth-order valence-corrected chi connectivity index (χ4v) is 4.18. The van der Waals surface area contributed by atoms with E-state index < -0.39 is 0 Å². The second kappa shape index (κ2) is 7.48. The van der Waals surface area contributed by atoms with E-state index in [2.05, 4.69) is 28.0 Å². The Morgan fingerprint density at radius 3 is 2.96 bits per heavy atom. The smallest absolute Gasteiger partial charge is 0.187 e. The zero-order valence-electron chi connectivity index (χ0n) is 15.5. The maximum atomic E-state index is 12.5. The predicted octanol–water partition coefficient (Wildman–Crippen LogP) is 5.15. The van der Waals surface area contributed by atoms with Gasteiger partial charge in [0.1, 0.15) is 5.70 Å². The molecule has 1 aliphatic heterocycles. The predicted molar refractivity (Wildman–Crippen MR) is 106 cm³/mol. The van der Waals surface area contributed by atoms with Crippen molar-refractivity contribution in [1.82, 2.24) is 9.97 Å². The minimum atomic E-state index is 0.106. The maximum Gasteiger partial charge on any atom is 0.187 e. The second-order valence-electron chi connectivity index (χ2n) is 7.49. The molecule has 0 aromatic carbocycles. The van der Waals surface area contributed by atoms with Gasteiger partial charge in [0.15, 0.2) is 5.78 Å². The molecule has 0 saturated carbocycles. The summed E-state index contributed by atoms with van der Waals surface area (Å²) in [5.74, 6) is 0.669. The first-order valence-electron chi connectivity index (χ1n) is 9.92. The first-order chi connectivity index (χ1) is 12.7. The molecule has 0 radical (unpaired) electrons. The van der Waals surface area contributed by atoms with Crippen molar-refractivity contribution in [1.29, 1.82) is 0 Å². The van der Waals surface area contributed by atoms with E-state index in [1.165, 1.54) is 43.4 Å². The van der Waals surface area contributed by atoms with Crippen molar-refractivity contribution in [2.24, 2.45) is 4.99 Å². The summed E-state index contributed by atoms with van der Waals surface area (Å²) in [6, 6.07) is 6.24. The molecule has 0 fully saturated rings. The minimum Gasteiger partial charge on any atom is -0.360 e. The molecule has 4 rings (SSSR count). The van der Waals surface area contributed by atoms with Crippen molar-refractivity contribution >= 4 is 17.6 Å². The summed E-state index contributed by atoms with van der Waals surface area (Å²) < 4.78 is 0. The summed E-state index contributed by atoms with van der Waals surface area (Å²) in [7, 11) is 0. The topological polar surface area (TPSA) is 61.0 Å². The Morgan fingerprint density at radius 1 is 1.27 bits per heavy atom. The Bertz CT molecular complexity index is 839. The van der Waals surface area contributed by atoms with E-state index in [0.29, 0.717) is 18.0 Å². The average molecular weight is 349 g/mol. The van der Waals surface area contributed by atoms with Crippen LogP contribution in [0.3, 0.4) is 0 Å². The van der Waals surface area contributed by atoms with Gasteiger partial charge in [0, 0.05) is 17.6 Å². The molecule has 136 valence electrons. The van der Waals surface area contributed by atoms with Crippen molar-refractivity contribution in [3.05, 3.63) is 52.7 Å². The van der Waals surface area contributed by atoms with E-state index in [-0.39, 0.29) is 5.78 Å². The van der Waals surface area contributed by atoms with Gasteiger partial charge in [-0.2, -0.15) is 0 Å². The average Bonchev–Trinajstić information content (AvgIpc) is 3.36. The number of ketones is 1. The van der Waals surface area contributed by atoms with Crippen molar-refractivity contribution in [2.45, 2.75) is 64.2 Å². The molecule has 1 atom stereocenters. The largest absolute Gasteiger partial charge is 0.360 e. The summed E-state index contributed by atoms with van der Waals surface area (Å²) in [5.41, 5.74) is 6.11. The zero-order chi connectivity index (χ0) is 17.9. The van der Waals surface area contributed by atoms with Gasteiger partial charge in [0.2, 0.25) is 0 Å². The highest BCUT2D eigenvalue weighted by molar-refractivity contribution is 6.22. The first-order valence-corrected chi connectivity index (χ1v) is 9.92. The fraction of sp³-hybridized carbons (Fsp3) is 0.455. The number of nitrogens with one attached hydrogen (secondary N) is 2. The molecule has 2 bridgehead atoms. The van der Waals surface area contributed by atoms with Crippen LogP contribution in [0.1, 0.15) is 80.4 Å². The Balaban J connectivity index is 1.69. The van der Waals surface area contributed by atoms with Crippen LogP contribution in [0.25, 0.3) is 6.08 Å². The molecule has 4 heteroatoms. The standard InChI is InChI=1S/C22H27N3O/c1-2-15-8-5-3-4-6-9-16-12-17(15)19(24-16)13-21-22(26)14-20(25-21)18-10-7-11-23-18/h7,10-13,15,23-24H,2-6,8-9,14H2,1H3. The van der Waals surface area contributed by atoms with Crippen molar-refractivity contribution in [3.8, 4) is 0 Å². The molecule has 0 spiro atoms. The number of Topliss-reactive ketones (excluding diaryl/α,β-unsaturated/α-hetero) is 1. The van der Waals surface area contributed by atoms with E-state index in [4.69, 9.17) is 0 Å². The van der Waals surface area contributed by atoms with E-state index in [9.17, 15) is 4.79 Å². The number of aromatic nitrogens is 2. The molecular weight excluding hydrogens is 322 g/mol. The lowest BCUT2D eigenvalue weighted by molar-refractivity contribution is -0.114. The molecule has 26 heavy (non-hydrogen) atoms. The maximum absolute atomic E-state index is 12.5. The third kappa shape index (κ3) is 3.46. The number of aromatic amines is 2. The fourth-order valence-electron chi connectivity index (χ4n) is 4.18. The van der Waals surface area contributed by atoms with Gasteiger partial charge in [-0.1, -0.05) is 26.2 Å². The van der Waals surface area contributed by atoms with Gasteiger partial charge in [-0.15, -0.1) is 0 Å². The van der Waals surface area contributed by atoms with Gasteiger partial charge in [0.25, 0.3) is 0 Å². The number of nitrogens with zero attached hydrogens (tertiary/aromatic N) is 1. The van der Waals surface area contributed by atoms with Crippen molar-refractivity contribution < 1.29 is 4.79 Å². The Kier molecular flexibility index (Phi) is 4.91. The molecular formula is C22H27N3O. The molecule has 2 aliphatic rings. The van der Waals surface area contributed by atoms with E-state index in [1.54, 1.807) is 0 Å². The normalized spacial score (nSPS) is 22.7. The number of carbonyl (C=O) groups is 1. The van der Waals surface area contributed by atoms with E-state index >= 15 is 0 Å². The molecule has 0 amide bonds. The molecule has 1 unspecified atom stereocenters. The van der Waals surface area contributed by atoms with Gasteiger partial charge in [-0.05, 0) is 61.4 Å². The second-order valence-corrected chi connectivity index (χ2v) is 7.49. The molecule has 1 aliphatic carbocycles. The van der Waals surface area contributed by atoms with Crippen LogP contribution >= 0.6 is 0 Å². The highest BCUT2D eigenvalue weighted by Crippen LogP contribution is 2.33. The van der Waals surface area contributed by atoms with Crippen LogP contribution in [0.4, 0.5) is 0 Å². The third-order valence-electron chi connectivity index (χ3n) is 5.68. The van der Waals surface area contributed by atoms with Gasteiger partial charge < -0.3 is 9.97 Å². The molecule has 2 N–H and O–H groups in total. The Labute approximate surface area is 154 Å². The number of aryl methyl sites for hydroxylation is 1. The summed E-state index contributed by atoms with van der Waals surface area (Å²) in [4.78, 5) is 23.9. The van der Waals surface area contributed by atoms with Crippen LogP contribution in [-0.2, 0) is 11.2 Å². The van der Waals surface area contributed by atoms with Gasteiger partial charge in [-0.3, -0.25) is 4.79 Å². The SMILES string of the molecule is CCC1CCCCCCc2cc1c(C=C1N=C(c3ccc[nH]3)CC1=O)[nH]2.